The van der Waals surface area contributed by atoms with Crippen molar-refractivity contribution in [2.24, 2.45) is 0 Å². The van der Waals surface area contributed by atoms with Crippen LogP contribution in [-0.4, -0.2) is 11.3 Å². The standard InChI is InChI=1S/C42H42P2/c1-25-13-26(2)18-33(17-25)37-9-10-38(34-19-27(3)14-28(4)20-34)41(37)43-44-42-39(35-21-29(5)15-30(6)22-35)11-12-40(42)36-23-31(7)16-32(8)24-36/h9-24,41-42H,1-8H3. The van der Waals surface area contributed by atoms with E-state index in [1.807, 2.05) is 0 Å². The van der Waals surface area contributed by atoms with Crippen LogP contribution >= 0.6 is 15.7 Å². The maximum absolute atomic E-state index is 2.39. The van der Waals surface area contributed by atoms with Gasteiger partial charge < -0.3 is 0 Å². The van der Waals surface area contributed by atoms with Gasteiger partial charge in [-0.25, -0.2) is 0 Å². The van der Waals surface area contributed by atoms with Gasteiger partial charge in [-0.05, 0) is 99.9 Å². The second kappa shape index (κ2) is 12.4. The summed E-state index contributed by atoms with van der Waals surface area (Å²) >= 11 is 0. The summed E-state index contributed by atoms with van der Waals surface area (Å²) in [5.41, 5.74) is 22.4. The molecule has 44 heavy (non-hydrogen) atoms. The molecule has 0 aliphatic heterocycles. The number of aryl methyl sites for hydroxylation is 8. The second-order valence-corrected chi connectivity index (χ2v) is 15.9. The Morgan fingerprint density at radius 3 is 0.659 bits per heavy atom. The lowest BCUT2D eigenvalue weighted by atomic mass is 9.94. The van der Waals surface area contributed by atoms with E-state index in [4.69, 9.17) is 0 Å². The summed E-state index contributed by atoms with van der Waals surface area (Å²) < 4.78 is 0. The Morgan fingerprint density at radius 1 is 0.295 bits per heavy atom. The lowest BCUT2D eigenvalue weighted by Gasteiger charge is -2.21. The van der Waals surface area contributed by atoms with Gasteiger partial charge >= 0.3 is 0 Å². The molecule has 0 bridgehead atoms. The molecule has 0 fully saturated rings. The Morgan fingerprint density at radius 2 is 0.477 bits per heavy atom. The van der Waals surface area contributed by atoms with Crippen molar-refractivity contribution in [3.63, 3.8) is 0 Å². The predicted molar refractivity (Wildman–Crippen MR) is 197 cm³/mol. The van der Waals surface area contributed by atoms with Gasteiger partial charge in [0.1, 0.15) is 0 Å². The molecule has 0 atom stereocenters. The van der Waals surface area contributed by atoms with Crippen LogP contribution in [0.4, 0.5) is 0 Å². The topological polar surface area (TPSA) is 0 Å². The maximum atomic E-state index is 2.39. The monoisotopic (exact) mass is 608 g/mol. The summed E-state index contributed by atoms with van der Waals surface area (Å²) in [4.78, 5) is 0. The average molecular weight is 609 g/mol. The van der Waals surface area contributed by atoms with Gasteiger partial charge in [0.05, 0.1) is 11.3 Å². The van der Waals surface area contributed by atoms with E-state index in [-0.39, 0.29) is 0 Å². The molecule has 0 saturated carbocycles. The first-order valence-electron chi connectivity index (χ1n) is 15.6. The molecule has 0 N–H and O–H groups in total. The minimum Gasteiger partial charge on any atom is -0.0621 e. The molecule has 6 rings (SSSR count). The molecule has 0 unspecified atom stereocenters. The van der Waals surface area contributed by atoms with Crippen molar-refractivity contribution in [1.29, 1.82) is 0 Å². The van der Waals surface area contributed by atoms with Gasteiger partial charge in [-0.1, -0.05) is 157 Å². The minimum atomic E-state index is 0.306. The Labute approximate surface area is 267 Å². The van der Waals surface area contributed by atoms with Crippen molar-refractivity contribution in [3.8, 4) is 0 Å². The summed E-state index contributed by atoms with van der Waals surface area (Å²) in [6.45, 7) is 17.7. The van der Waals surface area contributed by atoms with Crippen molar-refractivity contribution in [2.45, 2.75) is 66.7 Å². The maximum Gasteiger partial charge on any atom is 0.0560 e. The molecule has 0 saturated heterocycles. The van der Waals surface area contributed by atoms with E-state index < -0.39 is 0 Å². The quantitative estimate of drug-likeness (QED) is 0.191. The molecule has 0 radical (unpaired) electrons. The Kier molecular flexibility index (Phi) is 8.61. The number of hydrogen-bond acceptors (Lipinski definition) is 0. The van der Waals surface area contributed by atoms with Crippen LogP contribution in [0.2, 0.25) is 0 Å². The first kappa shape index (κ1) is 30.5. The number of rotatable bonds is 6. The molecular formula is C42H42P2. The average Bonchev–Trinajstić information content (AvgIpc) is 3.54. The molecule has 0 amide bonds. The zero-order chi connectivity index (χ0) is 31.1. The second-order valence-electron chi connectivity index (χ2n) is 13.0. The lowest BCUT2D eigenvalue weighted by molar-refractivity contribution is 1.32. The van der Waals surface area contributed by atoms with Gasteiger partial charge in [-0.15, -0.1) is 0 Å². The van der Waals surface area contributed by atoms with Crippen LogP contribution in [0.5, 0.6) is 0 Å². The van der Waals surface area contributed by atoms with E-state index in [0.29, 0.717) is 11.3 Å². The molecule has 4 aromatic rings. The van der Waals surface area contributed by atoms with Crippen LogP contribution in [0.25, 0.3) is 22.3 Å². The number of allylic oxidation sites excluding steroid dienone is 8. The van der Waals surface area contributed by atoms with E-state index in [9.17, 15) is 0 Å². The van der Waals surface area contributed by atoms with E-state index in [1.54, 1.807) is 0 Å². The highest BCUT2D eigenvalue weighted by Crippen LogP contribution is 2.51. The van der Waals surface area contributed by atoms with Crippen LogP contribution in [0.15, 0.2) is 97.1 Å². The third-order valence-corrected chi connectivity index (χ3v) is 12.1. The minimum absolute atomic E-state index is 0.306. The lowest BCUT2D eigenvalue weighted by Crippen LogP contribution is -2.05. The summed E-state index contributed by atoms with van der Waals surface area (Å²) in [6.07, 6.45) is 9.57. The molecule has 220 valence electrons. The fourth-order valence-corrected chi connectivity index (χ4v) is 11.0. The third-order valence-electron chi connectivity index (χ3n) is 8.58. The highest BCUT2D eigenvalue weighted by atomic mass is 31.7. The summed E-state index contributed by atoms with van der Waals surface area (Å²) in [5, 5.41) is 0. The Bertz CT molecular complexity index is 1590. The molecule has 0 aromatic heterocycles. The SMILES string of the molecule is Cc1cc(C)cc(C2=CC=C(c3cc(C)cc(C)c3)C2P=PC2C(c3cc(C)cc(C)c3)=CC=C2c2cc(C)cc(C)c2)c1. The first-order chi connectivity index (χ1) is 21.0. The third kappa shape index (κ3) is 6.44. The molecule has 0 nitrogen and oxygen atoms in total. The fourth-order valence-electron chi connectivity index (χ4n) is 7.02. The van der Waals surface area contributed by atoms with Crippen LogP contribution in [0.3, 0.4) is 0 Å². The van der Waals surface area contributed by atoms with Crippen molar-refractivity contribution in [1.82, 2.24) is 0 Å². The zero-order valence-corrected chi connectivity index (χ0v) is 29.1. The molecule has 0 spiro atoms. The van der Waals surface area contributed by atoms with E-state index in [0.717, 1.165) is 0 Å². The van der Waals surface area contributed by atoms with Gasteiger partial charge in [0.15, 0.2) is 0 Å². The fraction of sp³-hybridized carbons (Fsp3) is 0.238. The molecule has 2 aliphatic carbocycles. The molecule has 4 aromatic carbocycles. The molecular weight excluding hydrogens is 566 g/mol. The molecule has 2 aliphatic rings. The van der Waals surface area contributed by atoms with Gasteiger partial charge in [0.25, 0.3) is 0 Å². The van der Waals surface area contributed by atoms with Crippen molar-refractivity contribution >= 4 is 38.0 Å². The van der Waals surface area contributed by atoms with Crippen LogP contribution in [-0.2, 0) is 0 Å². The number of benzene rings is 4. The molecule has 2 heteroatoms. The zero-order valence-electron chi connectivity index (χ0n) is 27.3. The smallest absolute Gasteiger partial charge is 0.0560 e. The van der Waals surface area contributed by atoms with Crippen LogP contribution < -0.4 is 0 Å². The van der Waals surface area contributed by atoms with Gasteiger partial charge in [-0.2, -0.15) is 0 Å². The summed E-state index contributed by atoms with van der Waals surface area (Å²) in [5.74, 6) is 0. The summed E-state index contributed by atoms with van der Waals surface area (Å²) in [6, 6.07) is 28.1. The highest BCUT2D eigenvalue weighted by Gasteiger charge is 2.29. The number of hydrogen-bond donors (Lipinski definition) is 0. The highest BCUT2D eigenvalue weighted by molar-refractivity contribution is 7.85. The van der Waals surface area contributed by atoms with Gasteiger partial charge in [0, 0.05) is 0 Å². The normalized spacial score (nSPS) is 15.5. The summed E-state index contributed by atoms with van der Waals surface area (Å²) in [7, 11) is 2.80. The van der Waals surface area contributed by atoms with Crippen molar-refractivity contribution in [2.75, 3.05) is 0 Å². The predicted octanol–water partition coefficient (Wildman–Crippen LogP) is 12.4. The van der Waals surface area contributed by atoms with Gasteiger partial charge in [0.2, 0.25) is 0 Å². The van der Waals surface area contributed by atoms with Crippen molar-refractivity contribution in [3.05, 3.63) is 164 Å². The Balaban J connectivity index is 1.47. The van der Waals surface area contributed by atoms with Crippen LogP contribution in [0, 0.1) is 55.4 Å². The Hall–Kier alpha value is -3.56. The first-order valence-corrected chi connectivity index (χ1v) is 18.3. The van der Waals surface area contributed by atoms with E-state index >= 15 is 0 Å². The van der Waals surface area contributed by atoms with Crippen LogP contribution in [0.1, 0.15) is 66.8 Å². The molecule has 0 heterocycles. The van der Waals surface area contributed by atoms with Crippen molar-refractivity contribution < 1.29 is 0 Å². The van der Waals surface area contributed by atoms with E-state index in [2.05, 4.69) is 152 Å². The largest absolute Gasteiger partial charge is 0.0621 e. The van der Waals surface area contributed by atoms with E-state index in [1.165, 1.54) is 105 Å². The van der Waals surface area contributed by atoms with Gasteiger partial charge in [-0.3, -0.25) is 0 Å².